The Morgan fingerprint density at radius 2 is 1.95 bits per heavy atom. The van der Waals surface area contributed by atoms with Crippen LogP contribution >= 0.6 is 11.3 Å². The van der Waals surface area contributed by atoms with E-state index in [0.717, 1.165) is 34.7 Å². The van der Waals surface area contributed by atoms with Gasteiger partial charge in [-0.15, -0.1) is 11.3 Å². The maximum absolute atomic E-state index is 12.8. The van der Waals surface area contributed by atoms with Gasteiger partial charge in [0.1, 0.15) is 0 Å². The van der Waals surface area contributed by atoms with E-state index in [4.69, 9.17) is 0 Å². The van der Waals surface area contributed by atoms with E-state index in [0.29, 0.717) is 11.1 Å². The molecule has 1 atom stereocenters. The number of thiophene rings is 1. The molecule has 116 valence electrons. The van der Waals surface area contributed by atoms with Crippen molar-refractivity contribution in [2.75, 3.05) is 6.61 Å². The lowest BCUT2D eigenvalue weighted by Crippen LogP contribution is -2.03. The highest BCUT2D eigenvalue weighted by Gasteiger charge is 2.31. The lowest BCUT2D eigenvalue weighted by molar-refractivity contribution is -0.137. The Bertz CT molecular complexity index is 610. The molecule has 0 fully saturated rings. The molecule has 1 nitrogen and oxygen atoms in total. The number of aliphatic hydroxyl groups is 1. The van der Waals surface area contributed by atoms with Crippen molar-refractivity contribution in [1.82, 2.24) is 0 Å². The summed E-state index contributed by atoms with van der Waals surface area (Å²) >= 11 is 1.43. The second kappa shape index (κ2) is 6.36. The number of halogens is 3. The van der Waals surface area contributed by atoms with Gasteiger partial charge in [-0.05, 0) is 48.8 Å². The Balaban J connectivity index is 2.48. The minimum Gasteiger partial charge on any atom is -0.396 e. The lowest BCUT2D eigenvalue weighted by Gasteiger charge is -2.14. The molecule has 0 aliphatic heterocycles. The zero-order valence-electron chi connectivity index (χ0n) is 12.1. The van der Waals surface area contributed by atoms with E-state index in [1.54, 1.807) is 6.07 Å². The zero-order chi connectivity index (χ0) is 15.6. The van der Waals surface area contributed by atoms with Gasteiger partial charge in [0.15, 0.2) is 0 Å². The number of rotatable bonds is 5. The van der Waals surface area contributed by atoms with Gasteiger partial charge in [0, 0.05) is 16.2 Å². The van der Waals surface area contributed by atoms with Gasteiger partial charge in [0.05, 0.1) is 5.56 Å². The average molecular weight is 316 g/mol. The summed E-state index contributed by atoms with van der Waals surface area (Å²) in [6, 6.07) is 3.95. The van der Waals surface area contributed by atoms with Gasteiger partial charge in [0.2, 0.25) is 0 Å². The first-order valence-electron chi connectivity index (χ1n) is 7.09. The average Bonchev–Trinajstić information content (AvgIpc) is 2.74. The molecule has 1 N–H and O–H groups in total. The van der Waals surface area contributed by atoms with E-state index in [1.165, 1.54) is 17.4 Å². The normalized spacial score (nSPS) is 13.8. The van der Waals surface area contributed by atoms with Crippen molar-refractivity contribution in [3.05, 3.63) is 34.2 Å². The zero-order valence-corrected chi connectivity index (χ0v) is 12.9. The molecule has 0 amide bonds. The fourth-order valence-corrected chi connectivity index (χ4v) is 4.14. The van der Waals surface area contributed by atoms with Crippen LogP contribution in [-0.4, -0.2) is 11.7 Å². The standard InChI is InChI=1S/C16H19F3OS/c1-3-4-11(7-8-20)15-10(2)13-6-5-12(16(17,18)19)9-14(13)21-15/h5-6,9,11,20H,3-4,7-8H2,1-2H3. The molecule has 2 aromatic rings. The molecule has 1 aromatic heterocycles. The fraction of sp³-hybridized carbons (Fsp3) is 0.500. The van der Waals surface area contributed by atoms with Crippen molar-refractivity contribution in [3.8, 4) is 0 Å². The Labute approximate surface area is 126 Å². The van der Waals surface area contributed by atoms with Gasteiger partial charge in [0.25, 0.3) is 0 Å². The van der Waals surface area contributed by atoms with Crippen LogP contribution in [0.25, 0.3) is 10.1 Å². The second-order valence-corrected chi connectivity index (χ2v) is 6.38. The van der Waals surface area contributed by atoms with Crippen LogP contribution in [0.1, 0.15) is 48.1 Å². The van der Waals surface area contributed by atoms with Crippen LogP contribution in [0.4, 0.5) is 13.2 Å². The minimum absolute atomic E-state index is 0.103. The number of hydrogen-bond donors (Lipinski definition) is 1. The SMILES string of the molecule is CCCC(CCO)c1sc2cc(C(F)(F)F)ccc2c1C. The monoisotopic (exact) mass is 316 g/mol. The molecule has 0 saturated heterocycles. The summed E-state index contributed by atoms with van der Waals surface area (Å²) in [4.78, 5) is 1.11. The summed E-state index contributed by atoms with van der Waals surface area (Å²) < 4.78 is 39.1. The maximum atomic E-state index is 12.8. The number of hydrogen-bond acceptors (Lipinski definition) is 2. The van der Waals surface area contributed by atoms with Crippen LogP contribution in [-0.2, 0) is 6.18 Å². The third-order valence-corrected chi connectivity index (χ3v) is 5.21. The van der Waals surface area contributed by atoms with Crippen molar-refractivity contribution in [3.63, 3.8) is 0 Å². The first kappa shape index (κ1) is 16.3. The summed E-state index contributed by atoms with van der Waals surface area (Å²) in [5.41, 5.74) is 0.452. The van der Waals surface area contributed by atoms with Crippen molar-refractivity contribution in [1.29, 1.82) is 0 Å². The van der Waals surface area contributed by atoms with E-state index in [9.17, 15) is 18.3 Å². The Kier molecular flexibility index (Phi) is 4.94. The summed E-state index contributed by atoms with van der Waals surface area (Å²) in [6.07, 6.45) is -1.71. The van der Waals surface area contributed by atoms with E-state index in [2.05, 4.69) is 6.92 Å². The fourth-order valence-electron chi connectivity index (χ4n) is 2.72. The highest BCUT2D eigenvalue weighted by Crippen LogP contribution is 2.41. The second-order valence-electron chi connectivity index (χ2n) is 5.30. The third-order valence-electron chi connectivity index (χ3n) is 3.79. The first-order chi connectivity index (χ1) is 9.88. The van der Waals surface area contributed by atoms with Gasteiger partial charge in [-0.3, -0.25) is 0 Å². The predicted molar refractivity (Wildman–Crippen MR) is 80.9 cm³/mol. The van der Waals surface area contributed by atoms with Crippen molar-refractivity contribution >= 4 is 21.4 Å². The Hall–Kier alpha value is -1.07. The number of fused-ring (bicyclic) bond motifs is 1. The number of alkyl halides is 3. The molecule has 5 heteroatoms. The molecule has 21 heavy (non-hydrogen) atoms. The molecule has 0 aliphatic rings. The van der Waals surface area contributed by atoms with Crippen LogP contribution in [0.5, 0.6) is 0 Å². The van der Waals surface area contributed by atoms with Crippen LogP contribution in [0.2, 0.25) is 0 Å². The van der Waals surface area contributed by atoms with Crippen LogP contribution in [0.15, 0.2) is 18.2 Å². The molecule has 0 spiro atoms. The maximum Gasteiger partial charge on any atom is 0.416 e. The van der Waals surface area contributed by atoms with Crippen LogP contribution < -0.4 is 0 Å². The molecule has 0 aliphatic carbocycles. The van der Waals surface area contributed by atoms with Crippen molar-refractivity contribution in [2.45, 2.75) is 45.2 Å². The largest absolute Gasteiger partial charge is 0.416 e. The molecule has 1 unspecified atom stereocenters. The molecule has 2 rings (SSSR count). The highest BCUT2D eigenvalue weighted by atomic mass is 32.1. The number of benzene rings is 1. The van der Waals surface area contributed by atoms with Gasteiger partial charge in [-0.25, -0.2) is 0 Å². The first-order valence-corrected chi connectivity index (χ1v) is 7.91. The van der Waals surface area contributed by atoms with Gasteiger partial charge in [-0.2, -0.15) is 13.2 Å². The van der Waals surface area contributed by atoms with Gasteiger partial charge >= 0.3 is 6.18 Å². The Morgan fingerprint density at radius 1 is 1.24 bits per heavy atom. The molecule has 0 bridgehead atoms. The van der Waals surface area contributed by atoms with Crippen LogP contribution in [0, 0.1) is 6.92 Å². The Morgan fingerprint density at radius 3 is 2.52 bits per heavy atom. The summed E-state index contributed by atoms with van der Waals surface area (Å²) in [5.74, 6) is 0.228. The quantitative estimate of drug-likeness (QED) is 0.773. The molecule has 1 heterocycles. The summed E-state index contributed by atoms with van der Waals surface area (Å²) in [5, 5.41) is 10.1. The van der Waals surface area contributed by atoms with E-state index < -0.39 is 11.7 Å². The minimum atomic E-state index is -4.31. The van der Waals surface area contributed by atoms with E-state index in [1.807, 2.05) is 6.92 Å². The molecular weight excluding hydrogens is 297 g/mol. The smallest absolute Gasteiger partial charge is 0.396 e. The van der Waals surface area contributed by atoms with Gasteiger partial charge < -0.3 is 5.11 Å². The molecule has 0 radical (unpaired) electrons. The number of aryl methyl sites for hydroxylation is 1. The lowest BCUT2D eigenvalue weighted by atomic mass is 9.95. The van der Waals surface area contributed by atoms with Crippen molar-refractivity contribution < 1.29 is 18.3 Å². The molecule has 1 aromatic carbocycles. The predicted octanol–water partition coefficient (Wildman–Crippen LogP) is 5.49. The van der Waals surface area contributed by atoms with Crippen molar-refractivity contribution in [2.24, 2.45) is 0 Å². The summed E-state index contributed by atoms with van der Waals surface area (Å²) in [6.45, 7) is 4.14. The van der Waals surface area contributed by atoms with Crippen LogP contribution in [0.3, 0.4) is 0 Å². The third kappa shape index (κ3) is 3.40. The molecular formula is C16H19F3OS. The molecule has 0 saturated carbocycles. The topological polar surface area (TPSA) is 20.2 Å². The van der Waals surface area contributed by atoms with E-state index in [-0.39, 0.29) is 12.5 Å². The van der Waals surface area contributed by atoms with E-state index >= 15 is 0 Å². The van der Waals surface area contributed by atoms with Gasteiger partial charge in [-0.1, -0.05) is 19.4 Å². The summed E-state index contributed by atoms with van der Waals surface area (Å²) in [7, 11) is 0. The number of aliphatic hydroxyl groups excluding tert-OH is 1. The highest BCUT2D eigenvalue weighted by molar-refractivity contribution is 7.19.